The van der Waals surface area contributed by atoms with Crippen molar-refractivity contribution in [2.45, 2.75) is 31.7 Å². The molecule has 1 saturated heterocycles. The van der Waals surface area contributed by atoms with Gasteiger partial charge < -0.3 is 14.2 Å². The molecular weight excluding hydrogens is 186 g/mol. The van der Waals surface area contributed by atoms with Crippen molar-refractivity contribution in [2.75, 3.05) is 21.3 Å². The van der Waals surface area contributed by atoms with Crippen LogP contribution in [0.5, 0.6) is 0 Å². The molecule has 0 aliphatic carbocycles. The van der Waals surface area contributed by atoms with Gasteiger partial charge in [-0.25, -0.2) is 4.79 Å². The Bertz CT molecular complexity index is 185. The number of likely N-dealkylation sites (tertiary alicyclic amines) is 1. The van der Waals surface area contributed by atoms with Gasteiger partial charge in [0.25, 0.3) is 0 Å². The maximum absolute atomic E-state index is 11.4. The zero-order chi connectivity index (χ0) is 10.6. The standard InChI is InChI=1S/C9H17NO4/c1-12-7-5-4-6-8(13-2)10(7)9(11)14-3/h7-8H,4-6H2,1-3H3. The van der Waals surface area contributed by atoms with Gasteiger partial charge in [0, 0.05) is 14.2 Å². The molecule has 14 heavy (non-hydrogen) atoms. The van der Waals surface area contributed by atoms with E-state index in [0.717, 1.165) is 19.3 Å². The molecule has 1 amide bonds. The molecule has 2 atom stereocenters. The monoisotopic (exact) mass is 203 g/mol. The Kier molecular flexibility index (Phi) is 4.16. The fourth-order valence-electron chi connectivity index (χ4n) is 1.73. The van der Waals surface area contributed by atoms with Gasteiger partial charge in [0.05, 0.1) is 7.11 Å². The van der Waals surface area contributed by atoms with Crippen molar-refractivity contribution in [2.24, 2.45) is 0 Å². The Hall–Kier alpha value is -0.810. The highest BCUT2D eigenvalue weighted by Crippen LogP contribution is 2.24. The van der Waals surface area contributed by atoms with E-state index in [2.05, 4.69) is 4.74 Å². The molecule has 0 aromatic carbocycles. The lowest BCUT2D eigenvalue weighted by molar-refractivity contribution is -0.140. The number of nitrogens with zero attached hydrogens (tertiary/aromatic N) is 1. The zero-order valence-corrected chi connectivity index (χ0v) is 8.86. The maximum atomic E-state index is 11.4. The Labute approximate surface area is 83.9 Å². The van der Waals surface area contributed by atoms with Gasteiger partial charge in [-0.2, -0.15) is 0 Å². The van der Waals surface area contributed by atoms with E-state index in [1.807, 2.05) is 0 Å². The molecule has 5 heteroatoms. The SMILES string of the molecule is COC(=O)N1C(OC)CCCC1OC. The zero-order valence-electron chi connectivity index (χ0n) is 8.86. The third kappa shape index (κ3) is 2.16. The predicted octanol–water partition coefficient (Wildman–Crippen LogP) is 1.18. The largest absolute Gasteiger partial charge is 0.453 e. The van der Waals surface area contributed by atoms with Crippen LogP contribution in [0.25, 0.3) is 0 Å². The van der Waals surface area contributed by atoms with Gasteiger partial charge >= 0.3 is 6.09 Å². The number of rotatable bonds is 2. The van der Waals surface area contributed by atoms with Crippen LogP contribution in [0, 0.1) is 0 Å². The van der Waals surface area contributed by atoms with Crippen molar-refractivity contribution in [1.29, 1.82) is 0 Å². The molecule has 0 N–H and O–H groups in total. The molecule has 1 heterocycles. The minimum absolute atomic E-state index is 0.235. The van der Waals surface area contributed by atoms with Gasteiger partial charge in [-0.15, -0.1) is 0 Å². The van der Waals surface area contributed by atoms with Crippen LogP contribution >= 0.6 is 0 Å². The molecule has 2 unspecified atom stereocenters. The Morgan fingerprint density at radius 1 is 1.14 bits per heavy atom. The van der Waals surface area contributed by atoms with E-state index in [0.29, 0.717) is 0 Å². The first-order valence-corrected chi connectivity index (χ1v) is 4.66. The number of carbonyl (C=O) groups excluding carboxylic acids is 1. The summed E-state index contributed by atoms with van der Waals surface area (Å²) in [5.74, 6) is 0. The molecule has 0 radical (unpaired) electrons. The second-order valence-electron chi connectivity index (χ2n) is 3.19. The first-order valence-electron chi connectivity index (χ1n) is 4.66. The molecule has 82 valence electrons. The van der Waals surface area contributed by atoms with Crippen LogP contribution < -0.4 is 0 Å². The fraction of sp³-hybridized carbons (Fsp3) is 0.889. The molecule has 0 bridgehead atoms. The van der Waals surface area contributed by atoms with Crippen LogP contribution in [-0.2, 0) is 14.2 Å². The third-order valence-corrected chi connectivity index (χ3v) is 2.45. The summed E-state index contributed by atoms with van der Waals surface area (Å²) in [5, 5.41) is 0. The van der Waals surface area contributed by atoms with Crippen LogP contribution in [0.15, 0.2) is 0 Å². The summed E-state index contributed by atoms with van der Waals surface area (Å²) in [6.07, 6.45) is 1.77. The van der Waals surface area contributed by atoms with E-state index in [9.17, 15) is 4.79 Å². The van der Waals surface area contributed by atoms with Gasteiger partial charge in [-0.1, -0.05) is 0 Å². The Morgan fingerprint density at radius 3 is 2.00 bits per heavy atom. The highest BCUT2D eigenvalue weighted by molar-refractivity contribution is 5.68. The second-order valence-corrected chi connectivity index (χ2v) is 3.19. The molecule has 1 aliphatic heterocycles. The molecule has 1 fully saturated rings. The number of piperidine rings is 1. The highest BCUT2D eigenvalue weighted by Gasteiger charge is 2.35. The lowest BCUT2D eigenvalue weighted by atomic mass is 10.1. The van der Waals surface area contributed by atoms with Crippen LogP contribution in [0.2, 0.25) is 0 Å². The number of methoxy groups -OCH3 is 3. The van der Waals surface area contributed by atoms with Crippen molar-refractivity contribution in [3.8, 4) is 0 Å². The normalized spacial score (nSPS) is 27.5. The van der Waals surface area contributed by atoms with Crippen molar-refractivity contribution in [1.82, 2.24) is 4.90 Å². The molecule has 0 spiro atoms. The van der Waals surface area contributed by atoms with Gasteiger partial charge in [-0.05, 0) is 19.3 Å². The average molecular weight is 203 g/mol. The maximum Gasteiger partial charge on any atom is 0.413 e. The van der Waals surface area contributed by atoms with Crippen LogP contribution in [-0.4, -0.2) is 44.8 Å². The summed E-state index contributed by atoms with van der Waals surface area (Å²) in [7, 11) is 4.52. The second kappa shape index (κ2) is 5.17. The quantitative estimate of drug-likeness (QED) is 0.676. The summed E-state index contributed by atoms with van der Waals surface area (Å²) in [4.78, 5) is 13.0. The van der Waals surface area contributed by atoms with E-state index < -0.39 is 6.09 Å². The van der Waals surface area contributed by atoms with Crippen LogP contribution in [0.4, 0.5) is 4.79 Å². The summed E-state index contributed by atoms with van der Waals surface area (Å²) in [5.41, 5.74) is 0. The van der Waals surface area contributed by atoms with Crippen molar-refractivity contribution in [3.05, 3.63) is 0 Å². The molecule has 0 saturated carbocycles. The summed E-state index contributed by atoms with van der Waals surface area (Å²) >= 11 is 0. The van der Waals surface area contributed by atoms with Crippen LogP contribution in [0.3, 0.4) is 0 Å². The molecule has 0 aromatic heterocycles. The highest BCUT2D eigenvalue weighted by atomic mass is 16.6. The summed E-state index contributed by atoms with van der Waals surface area (Å²) < 4.78 is 15.1. The lowest BCUT2D eigenvalue weighted by Crippen LogP contribution is -2.51. The minimum Gasteiger partial charge on any atom is -0.453 e. The number of ether oxygens (including phenoxy) is 3. The molecule has 1 rings (SSSR count). The average Bonchev–Trinajstić information content (AvgIpc) is 2.26. The van der Waals surface area contributed by atoms with Crippen molar-refractivity contribution >= 4 is 6.09 Å². The van der Waals surface area contributed by atoms with Crippen molar-refractivity contribution in [3.63, 3.8) is 0 Å². The van der Waals surface area contributed by atoms with E-state index in [1.54, 1.807) is 14.2 Å². The van der Waals surface area contributed by atoms with E-state index in [-0.39, 0.29) is 12.5 Å². The molecule has 5 nitrogen and oxygen atoms in total. The predicted molar refractivity (Wildman–Crippen MR) is 49.7 cm³/mol. The van der Waals surface area contributed by atoms with Gasteiger partial charge in [-0.3, -0.25) is 4.90 Å². The topological polar surface area (TPSA) is 48.0 Å². The van der Waals surface area contributed by atoms with E-state index in [1.165, 1.54) is 12.0 Å². The molecule has 0 aromatic rings. The first kappa shape index (κ1) is 11.3. The number of carbonyl (C=O) groups is 1. The van der Waals surface area contributed by atoms with E-state index >= 15 is 0 Å². The minimum atomic E-state index is -0.400. The van der Waals surface area contributed by atoms with Gasteiger partial charge in [0.1, 0.15) is 12.5 Å². The number of hydrogen-bond donors (Lipinski definition) is 0. The third-order valence-electron chi connectivity index (χ3n) is 2.45. The van der Waals surface area contributed by atoms with Crippen LogP contribution in [0.1, 0.15) is 19.3 Å². The Balaban J connectivity index is 2.72. The summed E-state index contributed by atoms with van der Waals surface area (Å²) in [6, 6.07) is 0. The van der Waals surface area contributed by atoms with Crippen molar-refractivity contribution < 1.29 is 19.0 Å². The number of hydrogen-bond acceptors (Lipinski definition) is 4. The smallest absolute Gasteiger partial charge is 0.413 e. The Morgan fingerprint density at radius 2 is 1.64 bits per heavy atom. The van der Waals surface area contributed by atoms with E-state index in [4.69, 9.17) is 9.47 Å². The van der Waals surface area contributed by atoms with Gasteiger partial charge in [0.15, 0.2) is 0 Å². The van der Waals surface area contributed by atoms with Gasteiger partial charge in [0.2, 0.25) is 0 Å². The first-order chi connectivity index (χ1) is 6.74. The summed E-state index contributed by atoms with van der Waals surface area (Å²) in [6.45, 7) is 0. The molecular formula is C9H17NO4. The number of amides is 1. The molecule has 1 aliphatic rings. The lowest BCUT2D eigenvalue weighted by Gasteiger charge is -2.38. The fourth-order valence-corrected chi connectivity index (χ4v) is 1.73.